The predicted molar refractivity (Wildman–Crippen MR) is 112 cm³/mol. The van der Waals surface area contributed by atoms with Crippen molar-refractivity contribution in [2.45, 2.75) is 33.1 Å². The highest BCUT2D eigenvalue weighted by molar-refractivity contribution is 7.15. The normalized spacial score (nSPS) is 10.5. The molecule has 1 heterocycles. The summed E-state index contributed by atoms with van der Waals surface area (Å²) < 4.78 is 0. The molecule has 0 aliphatic heterocycles. The molecule has 3 rings (SSSR count). The molecule has 28 heavy (non-hydrogen) atoms. The number of carbonyl (C=O) groups excluding carboxylic acids is 2. The zero-order valence-corrected chi connectivity index (χ0v) is 16.7. The van der Waals surface area contributed by atoms with Crippen LogP contribution in [0.5, 0.6) is 0 Å². The summed E-state index contributed by atoms with van der Waals surface area (Å²) in [5.74, 6) is -0.501. The Morgan fingerprint density at radius 2 is 1.71 bits per heavy atom. The van der Waals surface area contributed by atoms with Crippen molar-refractivity contribution in [1.29, 1.82) is 0 Å². The van der Waals surface area contributed by atoms with Gasteiger partial charge in [0.05, 0.1) is 0 Å². The van der Waals surface area contributed by atoms with Crippen molar-refractivity contribution in [3.05, 3.63) is 70.2 Å². The largest absolute Gasteiger partial charge is 0.322 e. The number of unbranched alkanes of at least 4 members (excludes halogenated alkanes) is 1. The molecule has 0 bridgehead atoms. The number of hydrogen-bond acceptors (Lipinski definition) is 5. The van der Waals surface area contributed by atoms with Crippen LogP contribution in [0.15, 0.2) is 48.5 Å². The van der Waals surface area contributed by atoms with E-state index in [0.717, 1.165) is 29.8 Å². The lowest BCUT2D eigenvalue weighted by Crippen LogP contribution is -2.15. The van der Waals surface area contributed by atoms with Crippen LogP contribution in [0.4, 0.5) is 10.8 Å². The van der Waals surface area contributed by atoms with Crippen LogP contribution in [0.25, 0.3) is 0 Å². The van der Waals surface area contributed by atoms with Crippen LogP contribution in [-0.2, 0) is 6.42 Å². The van der Waals surface area contributed by atoms with Crippen molar-refractivity contribution < 1.29 is 9.59 Å². The number of nitrogens with zero attached hydrogens (tertiary/aromatic N) is 2. The molecule has 2 N–H and O–H groups in total. The van der Waals surface area contributed by atoms with E-state index in [-0.39, 0.29) is 11.8 Å². The number of nitrogens with one attached hydrogen (secondary N) is 2. The third-order valence-corrected chi connectivity index (χ3v) is 5.11. The van der Waals surface area contributed by atoms with Crippen LogP contribution in [0.2, 0.25) is 0 Å². The second kappa shape index (κ2) is 9.23. The van der Waals surface area contributed by atoms with E-state index in [9.17, 15) is 9.59 Å². The zero-order chi connectivity index (χ0) is 19.9. The first-order valence-electron chi connectivity index (χ1n) is 9.17. The van der Waals surface area contributed by atoms with Gasteiger partial charge >= 0.3 is 0 Å². The molecule has 2 aromatic carbocycles. The summed E-state index contributed by atoms with van der Waals surface area (Å²) in [6.45, 7) is 4.00. The minimum absolute atomic E-state index is 0.217. The van der Waals surface area contributed by atoms with Crippen molar-refractivity contribution >= 4 is 34.0 Å². The molecular weight excluding hydrogens is 372 g/mol. The summed E-state index contributed by atoms with van der Waals surface area (Å²) in [4.78, 5) is 25.0. The van der Waals surface area contributed by atoms with Crippen molar-refractivity contribution in [3.8, 4) is 0 Å². The van der Waals surface area contributed by atoms with E-state index in [2.05, 4.69) is 27.8 Å². The molecule has 0 atom stereocenters. The number of anilines is 2. The van der Waals surface area contributed by atoms with E-state index in [0.29, 0.717) is 21.9 Å². The smallest absolute Gasteiger partial charge is 0.257 e. The van der Waals surface area contributed by atoms with Crippen molar-refractivity contribution in [2.75, 3.05) is 10.6 Å². The van der Waals surface area contributed by atoms with Gasteiger partial charge in [0.25, 0.3) is 11.8 Å². The third-order valence-electron chi connectivity index (χ3n) is 4.22. The minimum Gasteiger partial charge on any atom is -0.322 e. The molecule has 1 aromatic heterocycles. The van der Waals surface area contributed by atoms with E-state index in [1.54, 1.807) is 24.3 Å². The Balaban J connectivity index is 1.70. The van der Waals surface area contributed by atoms with Gasteiger partial charge in [-0.1, -0.05) is 48.9 Å². The molecule has 0 saturated carbocycles. The van der Waals surface area contributed by atoms with Crippen molar-refractivity contribution in [2.24, 2.45) is 0 Å². The molecule has 7 heteroatoms. The summed E-state index contributed by atoms with van der Waals surface area (Å²) in [5.41, 5.74) is 2.48. The quantitative estimate of drug-likeness (QED) is 0.609. The van der Waals surface area contributed by atoms with Gasteiger partial charge in [0.2, 0.25) is 5.13 Å². The Labute approximate surface area is 168 Å². The molecule has 2 amide bonds. The third kappa shape index (κ3) is 5.01. The van der Waals surface area contributed by atoms with Gasteiger partial charge in [-0.3, -0.25) is 14.9 Å². The number of aromatic nitrogens is 2. The van der Waals surface area contributed by atoms with Crippen LogP contribution in [0.1, 0.15) is 51.1 Å². The molecular formula is C21H22N4O2S. The van der Waals surface area contributed by atoms with Gasteiger partial charge in [-0.05, 0) is 43.2 Å². The van der Waals surface area contributed by atoms with Gasteiger partial charge in [0.1, 0.15) is 5.01 Å². The topological polar surface area (TPSA) is 84.0 Å². The standard InChI is InChI=1S/C21H22N4O2S/c1-3-4-10-18-24-25-21(28-18)23-20(27)16-12-11-14(2)17(13-16)22-19(26)15-8-6-5-7-9-15/h5-9,11-13H,3-4,10H2,1-2H3,(H,22,26)(H,23,25,27). The molecule has 0 aliphatic rings. The monoisotopic (exact) mass is 394 g/mol. The van der Waals surface area contributed by atoms with Gasteiger partial charge in [-0.15, -0.1) is 10.2 Å². The van der Waals surface area contributed by atoms with Crippen LogP contribution in [0, 0.1) is 6.92 Å². The molecule has 0 saturated heterocycles. The molecule has 6 nitrogen and oxygen atoms in total. The van der Waals surface area contributed by atoms with Gasteiger partial charge in [0, 0.05) is 23.2 Å². The number of benzene rings is 2. The predicted octanol–water partition coefficient (Wildman–Crippen LogP) is 4.69. The van der Waals surface area contributed by atoms with E-state index in [1.807, 2.05) is 31.2 Å². The van der Waals surface area contributed by atoms with Crippen LogP contribution in [-0.4, -0.2) is 22.0 Å². The first-order valence-corrected chi connectivity index (χ1v) is 9.99. The Hall–Kier alpha value is -3.06. The maximum atomic E-state index is 12.6. The molecule has 144 valence electrons. The Kier molecular flexibility index (Phi) is 6.49. The summed E-state index contributed by atoms with van der Waals surface area (Å²) in [5, 5.41) is 15.2. The second-order valence-corrected chi connectivity index (χ2v) is 7.47. The first-order chi connectivity index (χ1) is 13.6. The highest BCUT2D eigenvalue weighted by Crippen LogP contribution is 2.21. The lowest BCUT2D eigenvalue weighted by molar-refractivity contribution is 0.101. The van der Waals surface area contributed by atoms with Crippen LogP contribution >= 0.6 is 11.3 Å². The fourth-order valence-electron chi connectivity index (χ4n) is 2.58. The van der Waals surface area contributed by atoms with E-state index in [4.69, 9.17) is 0 Å². The average molecular weight is 395 g/mol. The van der Waals surface area contributed by atoms with E-state index in [1.165, 1.54) is 11.3 Å². The second-order valence-electron chi connectivity index (χ2n) is 6.41. The van der Waals surface area contributed by atoms with Crippen molar-refractivity contribution in [1.82, 2.24) is 10.2 Å². The molecule has 0 spiro atoms. The number of hydrogen-bond donors (Lipinski definition) is 2. The van der Waals surface area contributed by atoms with Crippen LogP contribution in [0.3, 0.4) is 0 Å². The maximum absolute atomic E-state index is 12.6. The fourth-order valence-corrected chi connectivity index (χ4v) is 3.36. The number of amides is 2. The Morgan fingerprint density at radius 3 is 2.46 bits per heavy atom. The Morgan fingerprint density at radius 1 is 0.964 bits per heavy atom. The molecule has 0 unspecified atom stereocenters. The highest BCUT2D eigenvalue weighted by Gasteiger charge is 2.13. The molecule has 0 radical (unpaired) electrons. The van der Waals surface area contributed by atoms with Crippen molar-refractivity contribution in [3.63, 3.8) is 0 Å². The SMILES string of the molecule is CCCCc1nnc(NC(=O)c2ccc(C)c(NC(=O)c3ccccc3)c2)s1. The maximum Gasteiger partial charge on any atom is 0.257 e. The summed E-state index contributed by atoms with van der Waals surface area (Å²) in [6, 6.07) is 14.2. The Bertz CT molecular complexity index is 970. The average Bonchev–Trinajstić information content (AvgIpc) is 3.15. The van der Waals surface area contributed by atoms with E-state index >= 15 is 0 Å². The van der Waals surface area contributed by atoms with Gasteiger partial charge in [-0.25, -0.2) is 0 Å². The minimum atomic E-state index is -0.284. The molecule has 0 fully saturated rings. The number of carbonyl (C=O) groups is 2. The number of aryl methyl sites for hydroxylation is 2. The van der Waals surface area contributed by atoms with E-state index < -0.39 is 0 Å². The molecule has 3 aromatic rings. The zero-order valence-electron chi connectivity index (χ0n) is 15.9. The lowest BCUT2D eigenvalue weighted by Gasteiger charge is -2.10. The lowest BCUT2D eigenvalue weighted by atomic mass is 10.1. The van der Waals surface area contributed by atoms with Crippen LogP contribution < -0.4 is 10.6 Å². The summed E-state index contributed by atoms with van der Waals surface area (Å²) >= 11 is 1.39. The summed E-state index contributed by atoms with van der Waals surface area (Å²) in [7, 11) is 0. The van der Waals surface area contributed by atoms with Gasteiger partial charge in [-0.2, -0.15) is 0 Å². The fraction of sp³-hybridized carbons (Fsp3) is 0.238. The summed E-state index contributed by atoms with van der Waals surface area (Å²) in [6.07, 6.45) is 3.00. The number of rotatable bonds is 7. The van der Waals surface area contributed by atoms with Gasteiger partial charge in [0.15, 0.2) is 0 Å². The van der Waals surface area contributed by atoms with Gasteiger partial charge < -0.3 is 5.32 Å². The highest BCUT2D eigenvalue weighted by atomic mass is 32.1. The first kappa shape index (κ1) is 19.7. The molecule has 0 aliphatic carbocycles.